The van der Waals surface area contributed by atoms with Gasteiger partial charge in [0.1, 0.15) is 5.69 Å². The molecular weight excluding hydrogens is 378 g/mol. The zero-order valence-electron chi connectivity index (χ0n) is 17.3. The number of hydrazine groups is 1. The second-order valence-electron chi connectivity index (χ2n) is 6.56. The number of benzene rings is 1. The van der Waals surface area contributed by atoms with Crippen LogP contribution in [-0.4, -0.2) is 43.1 Å². The lowest BCUT2D eigenvalue weighted by atomic mass is 10.1. The lowest BCUT2D eigenvalue weighted by Gasteiger charge is -2.14. The fraction of sp³-hybridized carbons (Fsp3) is 0.350. The molecule has 156 valence electrons. The molecule has 0 saturated heterocycles. The van der Waals surface area contributed by atoms with Gasteiger partial charge in [0.2, 0.25) is 0 Å². The predicted octanol–water partition coefficient (Wildman–Crippen LogP) is 2.29. The average molecular weight is 403 g/mol. The van der Waals surface area contributed by atoms with Gasteiger partial charge in [-0.2, -0.15) is 0 Å². The Hall–Kier alpha value is -3.49. The van der Waals surface area contributed by atoms with Crippen molar-refractivity contribution in [2.45, 2.75) is 33.8 Å². The Morgan fingerprint density at radius 2 is 1.66 bits per heavy atom. The van der Waals surface area contributed by atoms with Gasteiger partial charge in [-0.3, -0.25) is 20.4 Å². The van der Waals surface area contributed by atoms with Gasteiger partial charge in [-0.1, -0.05) is 0 Å². The zero-order chi connectivity index (χ0) is 21.7. The monoisotopic (exact) mass is 403 g/mol. The van der Waals surface area contributed by atoms with Crippen LogP contribution in [-0.2, 0) is 4.74 Å². The maximum Gasteiger partial charge on any atom is 0.339 e. The zero-order valence-corrected chi connectivity index (χ0v) is 17.3. The highest BCUT2D eigenvalue weighted by Crippen LogP contribution is 2.29. The fourth-order valence-corrected chi connectivity index (χ4v) is 2.79. The number of carbonyl (C=O) groups excluding carboxylic acids is 3. The molecule has 0 bridgehead atoms. The van der Waals surface area contributed by atoms with Gasteiger partial charge in [0, 0.05) is 11.3 Å². The number of esters is 1. The summed E-state index contributed by atoms with van der Waals surface area (Å²) in [5.74, 6) is -0.773. The Bertz CT molecular complexity index is 933. The number of aromatic nitrogens is 1. The summed E-state index contributed by atoms with van der Waals surface area (Å²) in [7, 11) is 2.74. The van der Waals surface area contributed by atoms with E-state index in [1.54, 1.807) is 26.0 Å². The molecule has 0 aliphatic heterocycles. The molecule has 1 heterocycles. The van der Waals surface area contributed by atoms with Crippen LogP contribution in [0.2, 0.25) is 0 Å². The minimum absolute atomic E-state index is 0.0507. The largest absolute Gasteiger partial charge is 0.493 e. The van der Waals surface area contributed by atoms with E-state index in [4.69, 9.17) is 14.2 Å². The number of hydrogen-bond acceptors (Lipinski definition) is 6. The third kappa shape index (κ3) is 4.87. The molecule has 0 aliphatic rings. The molecule has 2 aromatic rings. The molecule has 0 saturated carbocycles. The van der Waals surface area contributed by atoms with Crippen LogP contribution < -0.4 is 20.3 Å². The topological polar surface area (TPSA) is 119 Å². The summed E-state index contributed by atoms with van der Waals surface area (Å²) in [5.41, 5.74) is 6.30. The lowest BCUT2D eigenvalue weighted by Crippen LogP contribution is -2.42. The van der Waals surface area contributed by atoms with Gasteiger partial charge >= 0.3 is 5.97 Å². The van der Waals surface area contributed by atoms with Gasteiger partial charge in [-0.25, -0.2) is 4.79 Å². The van der Waals surface area contributed by atoms with Crippen molar-refractivity contribution in [2.75, 3.05) is 14.2 Å². The Balaban J connectivity index is 2.11. The van der Waals surface area contributed by atoms with Crippen molar-refractivity contribution in [1.29, 1.82) is 0 Å². The Kier molecular flexibility index (Phi) is 6.87. The third-order valence-electron chi connectivity index (χ3n) is 4.13. The van der Waals surface area contributed by atoms with Crippen LogP contribution in [0.5, 0.6) is 11.5 Å². The van der Waals surface area contributed by atoms with Gasteiger partial charge in [-0.05, 0) is 51.5 Å². The van der Waals surface area contributed by atoms with Crippen molar-refractivity contribution in [3.63, 3.8) is 0 Å². The van der Waals surface area contributed by atoms with Crippen LogP contribution in [0.1, 0.15) is 56.3 Å². The summed E-state index contributed by atoms with van der Waals surface area (Å²) in [5, 5.41) is 0. The van der Waals surface area contributed by atoms with Gasteiger partial charge in [0.05, 0.1) is 25.9 Å². The van der Waals surface area contributed by atoms with E-state index in [1.807, 2.05) is 13.8 Å². The van der Waals surface area contributed by atoms with E-state index < -0.39 is 17.8 Å². The summed E-state index contributed by atoms with van der Waals surface area (Å²) in [4.78, 5) is 39.5. The van der Waals surface area contributed by atoms with Crippen molar-refractivity contribution < 1.29 is 28.6 Å². The highest BCUT2D eigenvalue weighted by atomic mass is 16.5. The number of nitrogens with one attached hydrogen (secondary N) is 3. The SMILES string of the molecule is COC(=O)c1c(C)[nH]c(C(=O)NNC(=O)c2ccc(OC(C)C)c(OC)c2)c1C. The first kappa shape index (κ1) is 21.8. The Morgan fingerprint density at radius 3 is 2.24 bits per heavy atom. The molecule has 0 unspecified atom stereocenters. The summed E-state index contributed by atoms with van der Waals surface area (Å²) >= 11 is 0. The molecule has 0 atom stereocenters. The number of carbonyl (C=O) groups is 3. The van der Waals surface area contributed by atoms with Crippen LogP contribution in [0, 0.1) is 13.8 Å². The molecule has 3 N–H and O–H groups in total. The van der Waals surface area contributed by atoms with Gasteiger partial charge in [0.25, 0.3) is 11.8 Å². The maximum atomic E-state index is 12.4. The number of methoxy groups -OCH3 is 2. The Morgan fingerprint density at radius 1 is 1.00 bits per heavy atom. The smallest absolute Gasteiger partial charge is 0.339 e. The highest BCUT2D eigenvalue weighted by Gasteiger charge is 2.23. The predicted molar refractivity (Wildman–Crippen MR) is 105 cm³/mol. The summed E-state index contributed by atoms with van der Waals surface area (Å²) in [6, 6.07) is 4.69. The van der Waals surface area contributed by atoms with Crippen LogP contribution in [0.3, 0.4) is 0 Å². The summed E-state index contributed by atoms with van der Waals surface area (Å²) in [6.45, 7) is 7.03. The van der Waals surface area contributed by atoms with Crippen molar-refractivity contribution in [2.24, 2.45) is 0 Å². The van der Waals surface area contributed by atoms with E-state index in [0.717, 1.165) is 0 Å². The first-order valence-electron chi connectivity index (χ1n) is 8.92. The van der Waals surface area contributed by atoms with Crippen molar-refractivity contribution in [3.8, 4) is 11.5 Å². The number of H-pyrrole nitrogens is 1. The average Bonchev–Trinajstić information content (AvgIpc) is 2.99. The molecule has 0 spiro atoms. The minimum atomic E-state index is -0.596. The fourth-order valence-electron chi connectivity index (χ4n) is 2.79. The number of rotatable bonds is 6. The van der Waals surface area contributed by atoms with Crippen molar-refractivity contribution in [1.82, 2.24) is 15.8 Å². The molecule has 0 aliphatic carbocycles. The lowest BCUT2D eigenvalue weighted by molar-refractivity contribution is 0.0599. The maximum absolute atomic E-state index is 12.4. The first-order chi connectivity index (χ1) is 13.7. The minimum Gasteiger partial charge on any atom is -0.493 e. The van der Waals surface area contributed by atoms with Gasteiger partial charge < -0.3 is 19.2 Å². The third-order valence-corrected chi connectivity index (χ3v) is 4.13. The molecule has 9 nitrogen and oxygen atoms in total. The van der Waals surface area contributed by atoms with Gasteiger partial charge in [-0.15, -0.1) is 0 Å². The standard InChI is InChI=1S/C20H25N3O6/c1-10(2)29-14-8-7-13(9-15(14)27-5)18(24)22-23-19(25)17-11(3)16(12(4)21-17)20(26)28-6/h7-10,21H,1-6H3,(H,22,24)(H,23,25). The van der Waals surface area contributed by atoms with Crippen LogP contribution in [0.15, 0.2) is 18.2 Å². The number of aromatic amines is 1. The molecule has 1 aromatic carbocycles. The number of amides is 2. The van der Waals surface area contributed by atoms with E-state index in [1.165, 1.54) is 20.3 Å². The number of hydrogen-bond donors (Lipinski definition) is 3. The normalized spacial score (nSPS) is 10.4. The van der Waals surface area contributed by atoms with Crippen LogP contribution in [0.4, 0.5) is 0 Å². The summed E-state index contributed by atoms with van der Waals surface area (Å²) in [6.07, 6.45) is -0.0507. The van der Waals surface area contributed by atoms with E-state index in [-0.39, 0.29) is 22.9 Å². The summed E-state index contributed by atoms with van der Waals surface area (Å²) < 4.78 is 15.6. The molecule has 29 heavy (non-hydrogen) atoms. The van der Waals surface area contributed by atoms with E-state index in [2.05, 4.69) is 15.8 Å². The first-order valence-corrected chi connectivity index (χ1v) is 8.92. The quantitative estimate of drug-likeness (QED) is 0.503. The van der Waals surface area contributed by atoms with Crippen molar-refractivity contribution >= 4 is 17.8 Å². The number of ether oxygens (including phenoxy) is 3. The molecule has 0 radical (unpaired) electrons. The number of aryl methyl sites for hydroxylation is 1. The molecule has 0 fully saturated rings. The Labute approximate surface area is 168 Å². The molecular formula is C20H25N3O6. The highest BCUT2D eigenvalue weighted by molar-refractivity contribution is 6.02. The van der Waals surface area contributed by atoms with Crippen LogP contribution in [0.25, 0.3) is 0 Å². The second-order valence-corrected chi connectivity index (χ2v) is 6.56. The molecule has 2 rings (SSSR count). The second kappa shape index (κ2) is 9.13. The van der Waals surface area contributed by atoms with E-state index in [0.29, 0.717) is 22.8 Å². The van der Waals surface area contributed by atoms with Crippen molar-refractivity contribution in [3.05, 3.63) is 46.3 Å². The molecule has 1 aromatic heterocycles. The van der Waals surface area contributed by atoms with E-state index in [9.17, 15) is 14.4 Å². The van der Waals surface area contributed by atoms with Crippen LogP contribution >= 0.6 is 0 Å². The molecule has 9 heteroatoms. The van der Waals surface area contributed by atoms with E-state index >= 15 is 0 Å². The molecule has 2 amide bonds. The van der Waals surface area contributed by atoms with Gasteiger partial charge in [0.15, 0.2) is 11.5 Å².